The van der Waals surface area contributed by atoms with Gasteiger partial charge in [0.1, 0.15) is 11.6 Å². The minimum atomic E-state index is -0.285. The van der Waals surface area contributed by atoms with E-state index >= 15 is 0 Å². The molecule has 2 nitrogen and oxygen atoms in total. The lowest BCUT2D eigenvalue weighted by molar-refractivity contribution is 0.302. The molecule has 0 aliphatic heterocycles. The molecule has 0 spiro atoms. The third-order valence-electron chi connectivity index (χ3n) is 3.73. The number of unbranched alkanes of at least 4 members (excludes halogenated alkanes) is 7. The molecule has 0 aromatic heterocycles. The van der Waals surface area contributed by atoms with E-state index in [1.165, 1.54) is 51.0 Å². The zero-order chi connectivity index (χ0) is 15.5. The summed E-state index contributed by atoms with van der Waals surface area (Å²) in [5, 5.41) is 0. The molecule has 3 heteroatoms. The summed E-state index contributed by atoms with van der Waals surface area (Å²) in [7, 11) is 0. The predicted octanol–water partition coefficient (Wildman–Crippen LogP) is 5.36. The van der Waals surface area contributed by atoms with Gasteiger partial charge in [-0.15, -0.1) is 0 Å². The SMILES string of the molecule is CCCCCCCCCCOc1ccc([C@H](C)N)c(F)c1. The van der Waals surface area contributed by atoms with E-state index in [1.54, 1.807) is 19.1 Å². The Balaban J connectivity index is 2.11. The van der Waals surface area contributed by atoms with Crippen LogP contribution in [-0.4, -0.2) is 6.61 Å². The summed E-state index contributed by atoms with van der Waals surface area (Å²) in [5.41, 5.74) is 6.22. The molecule has 0 unspecified atom stereocenters. The van der Waals surface area contributed by atoms with E-state index in [0.717, 1.165) is 6.42 Å². The van der Waals surface area contributed by atoms with E-state index in [0.29, 0.717) is 17.9 Å². The lowest BCUT2D eigenvalue weighted by atomic mass is 10.1. The van der Waals surface area contributed by atoms with Crippen molar-refractivity contribution in [1.29, 1.82) is 0 Å². The maximum absolute atomic E-state index is 13.7. The molecular weight excluding hydrogens is 265 g/mol. The molecule has 1 rings (SSSR count). The Morgan fingerprint density at radius 1 is 1.05 bits per heavy atom. The van der Waals surface area contributed by atoms with Gasteiger partial charge in [-0.1, -0.05) is 57.9 Å². The fourth-order valence-corrected chi connectivity index (χ4v) is 2.39. The monoisotopic (exact) mass is 295 g/mol. The molecule has 0 radical (unpaired) electrons. The second kappa shape index (κ2) is 10.6. The van der Waals surface area contributed by atoms with E-state index < -0.39 is 0 Å². The lowest BCUT2D eigenvalue weighted by Crippen LogP contribution is -2.07. The molecular formula is C18H30FNO. The fraction of sp³-hybridized carbons (Fsp3) is 0.667. The van der Waals surface area contributed by atoms with Gasteiger partial charge in [0.25, 0.3) is 0 Å². The van der Waals surface area contributed by atoms with Gasteiger partial charge in [-0.2, -0.15) is 0 Å². The van der Waals surface area contributed by atoms with Crippen molar-refractivity contribution >= 4 is 0 Å². The quantitative estimate of drug-likeness (QED) is 0.557. The Morgan fingerprint density at radius 3 is 2.24 bits per heavy atom. The maximum atomic E-state index is 13.7. The van der Waals surface area contributed by atoms with Crippen molar-refractivity contribution in [3.8, 4) is 5.75 Å². The van der Waals surface area contributed by atoms with E-state index in [4.69, 9.17) is 10.5 Å². The summed E-state index contributed by atoms with van der Waals surface area (Å²) in [6.45, 7) is 4.67. The molecule has 1 aromatic carbocycles. The second-order valence-electron chi connectivity index (χ2n) is 5.80. The molecule has 0 amide bonds. The highest BCUT2D eigenvalue weighted by atomic mass is 19.1. The van der Waals surface area contributed by atoms with E-state index in [1.807, 2.05) is 0 Å². The van der Waals surface area contributed by atoms with Crippen molar-refractivity contribution in [1.82, 2.24) is 0 Å². The Labute approximate surface area is 128 Å². The highest BCUT2D eigenvalue weighted by molar-refractivity contribution is 5.30. The third kappa shape index (κ3) is 7.47. The molecule has 0 saturated carbocycles. The molecule has 1 aromatic rings. The number of benzene rings is 1. The highest BCUT2D eigenvalue weighted by Gasteiger charge is 2.07. The van der Waals surface area contributed by atoms with Crippen molar-refractivity contribution in [2.24, 2.45) is 5.73 Å². The van der Waals surface area contributed by atoms with Crippen LogP contribution in [0.25, 0.3) is 0 Å². The van der Waals surface area contributed by atoms with Crippen molar-refractivity contribution in [2.75, 3.05) is 6.61 Å². The first-order valence-electron chi connectivity index (χ1n) is 8.33. The van der Waals surface area contributed by atoms with Crippen molar-refractivity contribution in [2.45, 2.75) is 71.3 Å². The summed E-state index contributed by atoms with van der Waals surface area (Å²) in [5.74, 6) is 0.318. The molecule has 21 heavy (non-hydrogen) atoms. The number of nitrogens with two attached hydrogens (primary N) is 1. The van der Waals surface area contributed by atoms with Gasteiger partial charge in [-0.25, -0.2) is 4.39 Å². The summed E-state index contributed by atoms with van der Waals surface area (Å²) in [6, 6.07) is 4.66. The van der Waals surface area contributed by atoms with Gasteiger partial charge >= 0.3 is 0 Å². The van der Waals surface area contributed by atoms with E-state index in [9.17, 15) is 4.39 Å². The average molecular weight is 295 g/mol. The van der Waals surface area contributed by atoms with Gasteiger partial charge < -0.3 is 10.5 Å². The Kier molecular flexibility index (Phi) is 9.07. The van der Waals surface area contributed by atoms with Gasteiger partial charge in [0.05, 0.1) is 6.61 Å². The summed E-state index contributed by atoms with van der Waals surface area (Å²) in [6.07, 6.45) is 10.2. The van der Waals surface area contributed by atoms with Crippen molar-refractivity contribution < 1.29 is 9.13 Å². The molecule has 0 heterocycles. The molecule has 0 bridgehead atoms. The van der Waals surface area contributed by atoms with Crippen LogP contribution in [0.15, 0.2) is 18.2 Å². The van der Waals surface area contributed by atoms with Crippen LogP contribution < -0.4 is 10.5 Å². The smallest absolute Gasteiger partial charge is 0.131 e. The first kappa shape index (κ1) is 18.0. The minimum Gasteiger partial charge on any atom is -0.493 e. The third-order valence-corrected chi connectivity index (χ3v) is 3.73. The van der Waals surface area contributed by atoms with Crippen LogP contribution in [0.5, 0.6) is 5.75 Å². The summed E-state index contributed by atoms with van der Waals surface area (Å²) >= 11 is 0. The standard InChI is InChI=1S/C18H30FNO/c1-3-4-5-6-7-8-9-10-13-21-16-11-12-17(15(2)20)18(19)14-16/h11-12,14-15H,3-10,13,20H2,1-2H3/t15-/m0/s1. The van der Waals surface area contributed by atoms with Crippen LogP contribution in [0, 0.1) is 5.82 Å². The van der Waals surface area contributed by atoms with Crippen LogP contribution in [0.4, 0.5) is 4.39 Å². The van der Waals surface area contributed by atoms with Crippen molar-refractivity contribution in [3.05, 3.63) is 29.6 Å². The number of hydrogen-bond acceptors (Lipinski definition) is 2. The molecule has 2 N–H and O–H groups in total. The van der Waals surface area contributed by atoms with Crippen molar-refractivity contribution in [3.63, 3.8) is 0 Å². The average Bonchev–Trinajstić information content (AvgIpc) is 2.45. The molecule has 1 atom stereocenters. The van der Waals surface area contributed by atoms with Gasteiger partial charge in [0, 0.05) is 17.7 Å². The molecule has 0 fully saturated rings. The Hall–Kier alpha value is -1.09. The second-order valence-corrected chi connectivity index (χ2v) is 5.80. The van der Waals surface area contributed by atoms with Gasteiger partial charge in [0.15, 0.2) is 0 Å². The van der Waals surface area contributed by atoms with Crippen LogP contribution in [0.2, 0.25) is 0 Å². The Morgan fingerprint density at radius 2 is 1.67 bits per heavy atom. The fourth-order valence-electron chi connectivity index (χ4n) is 2.39. The first-order chi connectivity index (χ1) is 10.1. The molecule has 0 aliphatic rings. The number of halogens is 1. The van der Waals surface area contributed by atoms with E-state index in [2.05, 4.69) is 6.92 Å². The number of rotatable bonds is 11. The summed E-state index contributed by atoms with van der Waals surface area (Å²) in [4.78, 5) is 0. The summed E-state index contributed by atoms with van der Waals surface area (Å²) < 4.78 is 19.3. The van der Waals surface area contributed by atoms with Gasteiger partial charge in [0.2, 0.25) is 0 Å². The van der Waals surface area contributed by atoms with Gasteiger partial charge in [-0.05, 0) is 19.4 Å². The van der Waals surface area contributed by atoms with E-state index in [-0.39, 0.29) is 11.9 Å². The Bertz CT molecular complexity index is 393. The molecule has 0 saturated heterocycles. The van der Waals surface area contributed by atoms with Crippen LogP contribution in [0.1, 0.15) is 76.8 Å². The predicted molar refractivity (Wildman–Crippen MR) is 87.1 cm³/mol. The normalized spacial score (nSPS) is 12.4. The van der Waals surface area contributed by atoms with Crippen LogP contribution >= 0.6 is 0 Å². The van der Waals surface area contributed by atoms with Gasteiger partial charge in [-0.3, -0.25) is 0 Å². The highest BCUT2D eigenvalue weighted by Crippen LogP contribution is 2.20. The molecule has 120 valence electrons. The van der Waals surface area contributed by atoms with Crippen LogP contribution in [0.3, 0.4) is 0 Å². The zero-order valence-corrected chi connectivity index (χ0v) is 13.5. The lowest BCUT2D eigenvalue weighted by Gasteiger charge is -2.10. The first-order valence-corrected chi connectivity index (χ1v) is 8.33. The minimum absolute atomic E-state index is 0.279. The number of hydrogen-bond donors (Lipinski definition) is 1. The molecule has 0 aliphatic carbocycles. The maximum Gasteiger partial charge on any atom is 0.131 e. The largest absolute Gasteiger partial charge is 0.493 e. The zero-order valence-electron chi connectivity index (χ0n) is 13.5. The topological polar surface area (TPSA) is 35.2 Å². The number of ether oxygens (including phenoxy) is 1. The van der Waals surface area contributed by atoms with Crippen LogP contribution in [-0.2, 0) is 0 Å².